The number of hydrogen-bond acceptors (Lipinski definition) is 6. The van der Waals surface area contributed by atoms with E-state index in [-0.39, 0.29) is 6.10 Å². The van der Waals surface area contributed by atoms with Gasteiger partial charge in [0.2, 0.25) is 0 Å². The lowest BCUT2D eigenvalue weighted by Gasteiger charge is -2.18. The van der Waals surface area contributed by atoms with Crippen molar-refractivity contribution in [1.29, 1.82) is 0 Å². The van der Waals surface area contributed by atoms with Crippen LogP contribution in [-0.2, 0) is 6.61 Å². The summed E-state index contributed by atoms with van der Waals surface area (Å²) in [6.07, 6.45) is 2.30. The highest BCUT2D eigenvalue weighted by molar-refractivity contribution is 6.32. The summed E-state index contributed by atoms with van der Waals surface area (Å²) in [4.78, 5) is 13.5. The minimum atomic E-state index is -0.188. The van der Waals surface area contributed by atoms with Crippen molar-refractivity contribution in [2.45, 2.75) is 39.4 Å². The SMILES string of the molecule is COc1cc(OCc2cccc(-c3cccc(OCCCN4CC[C@@H](O)C4)c3C)c2C)c(Cl)cc1C=O. The molecule has 1 N–H and O–H groups in total. The fourth-order valence-corrected chi connectivity index (χ4v) is 4.99. The van der Waals surface area contributed by atoms with E-state index in [1.807, 2.05) is 24.3 Å². The van der Waals surface area contributed by atoms with E-state index in [9.17, 15) is 9.90 Å². The quantitative estimate of drug-likeness (QED) is 0.251. The molecular formula is C30H34ClNO5. The Kier molecular flexibility index (Phi) is 9.09. The Balaban J connectivity index is 1.45. The van der Waals surface area contributed by atoms with Gasteiger partial charge in [0, 0.05) is 25.7 Å². The van der Waals surface area contributed by atoms with E-state index in [2.05, 4.69) is 30.9 Å². The Bertz CT molecular complexity index is 1240. The maximum atomic E-state index is 11.2. The summed E-state index contributed by atoms with van der Waals surface area (Å²) < 4.78 is 17.5. The van der Waals surface area contributed by atoms with Crippen LogP contribution in [0.3, 0.4) is 0 Å². The molecule has 7 heteroatoms. The summed E-state index contributed by atoms with van der Waals surface area (Å²) in [6, 6.07) is 15.5. The predicted octanol–water partition coefficient (Wildman–Crippen LogP) is 5.86. The molecule has 1 heterocycles. The van der Waals surface area contributed by atoms with Crippen LogP contribution in [0.2, 0.25) is 5.02 Å². The number of carbonyl (C=O) groups excluding carboxylic acids is 1. The number of aliphatic hydroxyl groups excluding tert-OH is 1. The van der Waals surface area contributed by atoms with Crippen molar-refractivity contribution in [3.63, 3.8) is 0 Å². The van der Waals surface area contributed by atoms with Crippen LogP contribution in [-0.4, -0.2) is 55.7 Å². The Morgan fingerprint density at radius 1 is 1.03 bits per heavy atom. The van der Waals surface area contributed by atoms with Gasteiger partial charge in [-0.1, -0.05) is 41.9 Å². The smallest absolute Gasteiger partial charge is 0.153 e. The van der Waals surface area contributed by atoms with Gasteiger partial charge in [-0.3, -0.25) is 4.79 Å². The molecule has 0 amide bonds. The lowest BCUT2D eigenvalue weighted by molar-refractivity contribution is 0.112. The van der Waals surface area contributed by atoms with Crippen LogP contribution in [0.4, 0.5) is 0 Å². The van der Waals surface area contributed by atoms with Crippen LogP contribution in [0.15, 0.2) is 48.5 Å². The molecule has 0 aromatic heterocycles. The van der Waals surface area contributed by atoms with Crippen molar-refractivity contribution in [2.24, 2.45) is 0 Å². The summed E-state index contributed by atoms with van der Waals surface area (Å²) in [7, 11) is 1.51. The standard InChI is InChI=1S/C30H34ClNO5/c1-20-22(19-37-30-16-29(35-3)23(18-33)15-27(30)31)7-4-8-25(20)26-9-5-10-28(21(26)2)36-14-6-12-32-13-11-24(34)17-32/h4-5,7-10,15-16,18,24,34H,6,11-14,17,19H2,1-3H3/t24-/m1/s1. The molecule has 0 saturated carbocycles. The van der Waals surface area contributed by atoms with E-state index >= 15 is 0 Å². The van der Waals surface area contributed by atoms with Crippen LogP contribution < -0.4 is 14.2 Å². The minimum Gasteiger partial charge on any atom is -0.496 e. The van der Waals surface area contributed by atoms with Gasteiger partial charge in [-0.15, -0.1) is 0 Å². The molecule has 0 unspecified atom stereocenters. The molecule has 0 aliphatic carbocycles. The van der Waals surface area contributed by atoms with Crippen LogP contribution in [0.1, 0.15) is 39.9 Å². The normalized spacial score (nSPS) is 15.5. The van der Waals surface area contributed by atoms with Gasteiger partial charge in [-0.05, 0) is 66.6 Å². The maximum absolute atomic E-state index is 11.2. The number of β-amino-alcohol motifs (C(OH)–C–C–N with tert-alkyl or cyclic N) is 1. The molecule has 3 aromatic carbocycles. The molecule has 0 spiro atoms. The van der Waals surface area contributed by atoms with Crippen molar-refractivity contribution in [2.75, 3.05) is 33.4 Å². The molecule has 1 atom stereocenters. The number of hydrogen-bond donors (Lipinski definition) is 1. The molecule has 1 fully saturated rings. The monoisotopic (exact) mass is 523 g/mol. The second kappa shape index (κ2) is 12.5. The number of ether oxygens (including phenoxy) is 3. The molecule has 196 valence electrons. The molecule has 0 bridgehead atoms. The highest BCUT2D eigenvalue weighted by atomic mass is 35.5. The van der Waals surface area contributed by atoms with Crippen LogP contribution in [0.5, 0.6) is 17.2 Å². The molecule has 0 radical (unpaired) electrons. The van der Waals surface area contributed by atoms with Gasteiger partial charge in [-0.2, -0.15) is 0 Å². The lowest BCUT2D eigenvalue weighted by atomic mass is 9.93. The first-order valence-electron chi connectivity index (χ1n) is 12.6. The number of carbonyl (C=O) groups is 1. The summed E-state index contributed by atoms with van der Waals surface area (Å²) in [6.45, 7) is 7.79. The summed E-state index contributed by atoms with van der Waals surface area (Å²) >= 11 is 6.34. The van der Waals surface area contributed by atoms with Crippen molar-refractivity contribution >= 4 is 17.9 Å². The third-order valence-electron chi connectivity index (χ3n) is 6.94. The molecule has 1 saturated heterocycles. The van der Waals surface area contributed by atoms with Crippen LogP contribution >= 0.6 is 11.6 Å². The van der Waals surface area contributed by atoms with Gasteiger partial charge in [-0.25, -0.2) is 0 Å². The molecule has 4 rings (SSSR count). The van der Waals surface area contributed by atoms with E-state index in [1.165, 1.54) is 7.11 Å². The van der Waals surface area contributed by atoms with Gasteiger partial charge < -0.3 is 24.2 Å². The van der Waals surface area contributed by atoms with Gasteiger partial charge >= 0.3 is 0 Å². The number of methoxy groups -OCH3 is 1. The fraction of sp³-hybridized carbons (Fsp3) is 0.367. The Morgan fingerprint density at radius 2 is 1.78 bits per heavy atom. The number of aldehydes is 1. The highest BCUT2D eigenvalue weighted by Gasteiger charge is 2.19. The number of nitrogens with zero attached hydrogens (tertiary/aromatic N) is 1. The Hall–Kier alpha value is -3.06. The molecule has 6 nitrogen and oxygen atoms in total. The third-order valence-corrected chi connectivity index (χ3v) is 7.23. The minimum absolute atomic E-state index is 0.188. The van der Waals surface area contributed by atoms with Crippen molar-refractivity contribution in [3.8, 4) is 28.4 Å². The molecule has 37 heavy (non-hydrogen) atoms. The molecule has 1 aliphatic rings. The molecule has 3 aromatic rings. The summed E-state index contributed by atoms with van der Waals surface area (Å²) in [5, 5.41) is 10.1. The number of aliphatic hydroxyl groups is 1. The van der Waals surface area contributed by atoms with E-state index in [0.29, 0.717) is 41.6 Å². The summed E-state index contributed by atoms with van der Waals surface area (Å²) in [5.74, 6) is 1.77. The largest absolute Gasteiger partial charge is 0.496 e. The summed E-state index contributed by atoms with van der Waals surface area (Å²) in [5.41, 5.74) is 5.86. The van der Waals surface area contributed by atoms with Gasteiger partial charge in [0.15, 0.2) is 6.29 Å². The van der Waals surface area contributed by atoms with Gasteiger partial charge in [0.25, 0.3) is 0 Å². The van der Waals surface area contributed by atoms with E-state index in [0.717, 1.165) is 66.0 Å². The van der Waals surface area contributed by atoms with Crippen LogP contribution in [0.25, 0.3) is 11.1 Å². The third kappa shape index (κ3) is 6.45. The predicted molar refractivity (Wildman–Crippen MR) is 146 cm³/mol. The van der Waals surface area contributed by atoms with Crippen molar-refractivity contribution in [3.05, 3.63) is 75.8 Å². The van der Waals surface area contributed by atoms with Gasteiger partial charge in [0.05, 0.1) is 30.4 Å². The Labute approximate surface area is 223 Å². The van der Waals surface area contributed by atoms with Crippen molar-refractivity contribution in [1.82, 2.24) is 4.90 Å². The second-order valence-corrected chi connectivity index (χ2v) is 9.80. The lowest BCUT2D eigenvalue weighted by Crippen LogP contribution is -2.24. The average molecular weight is 524 g/mol. The van der Waals surface area contributed by atoms with E-state index in [1.54, 1.807) is 12.1 Å². The zero-order valence-electron chi connectivity index (χ0n) is 21.6. The van der Waals surface area contributed by atoms with Crippen molar-refractivity contribution < 1.29 is 24.1 Å². The number of likely N-dealkylation sites (tertiary alicyclic amines) is 1. The first kappa shape index (κ1) is 27.0. The van der Waals surface area contributed by atoms with Gasteiger partial charge in [0.1, 0.15) is 23.9 Å². The molecular weight excluding hydrogens is 490 g/mol. The Morgan fingerprint density at radius 3 is 2.49 bits per heavy atom. The first-order chi connectivity index (χ1) is 17.9. The number of halogens is 1. The van der Waals surface area contributed by atoms with Crippen LogP contribution in [0, 0.1) is 13.8 Å². The first-order valence-corrected chi connectivity index (χ1v) is 13.0. The molecule has 1 aliphatic heterocycles. The number of rotatable bonds is 11. The number of benzene rings is 3. The second-order valence-electron chi connectivity index (χ2n) is 9.39. The highest BCUT2D eigenvalue weighted by Crippen LogP contribution is 2.35. The zero-order valence-corrected chi connectivity index (χ0v) is 22.4. The fourth-order valence-electron chi connectivity index (χ4n) is 4.76. The topological polar surface area (TPSA) is 68.2 Å². The van der Waals surface area contributed by atoms with E-state index in [4.69, 9.17) is 25.8 Å². The maximum Gasteiger partial charge on any atom is 0.153 e. The average Bonchev–Trinajstić information content (AvgIpc) is 3.32. The zero-order chi connectivity index (χ0) is 26.4. The van der Waals surface area contributed by atoms with E-state index < -0.39 is 0 Å².